The van der Waals surface area contributed by atoms with Crippen molar-refractivity contribution in [2.24, 2.45) is 0 Å². The summed E-state index contributed by atoms with van der Waals surface area (Å²) in [6.07, 6.45) is 1.57. The second-order valence-corrected chi connectivity index (χ2v) is 5.65. The third-order valence-corrected chi connectivity index (χ3v) is 3.57. The number of hydrogen-bond donors (Lipinski definition) is 2. The van der Waals surface area contributed by atoms with Crippen LogP contribution in [0.15, 0.2) is 47.5 Å². The van der Waals surface area contributed by atoms with Crippen LogP contribution in [-0.4, -0.2) is 15.9 Å². The van der Waals surface area contributed by atoms with Crippen LogP contribution in [0.4, 0.5) is 20.2 Å². The van der Waals surface area contributed by atoms with Gasteiger partial charge in [-0.3, -0.25) is 0 Å². The average molecular weight is 346 g/mol. The molecule has 110 valence electrons. The molecule has 2 rings (SSSR count). The Balaban J connectivity index is 1.95. The molecule has 0 fully saturated rings. The van der Waals surface area contributed by atoms with E-state index in [2.05, 4.69) is 15.6 Å². The molecule has 0 spiro atoms. The molecule has 1 aromatic heterocycles. The van der Waals surface area contributed by atoms with Gasteiger partial charge in [0.2, 0.25) is 0 Å². The summed E-state index contributed by atoms with van der Waals surface area (Å²) in [4.78, 5) is 4.41. The predicted octanol–water partition coefficient (Wildman–Crippen LogP) is 4.86. The Morgan fingerprint density at radius 2 is 1.90 bits per heavy atom. The van der Waals surface area contributed by atoms with E-state index in [4.69, 9.17) is 23.8 Å². The number of anilines is 2. The zero-order valence-electron chi connectivity index (χ0n) is 10.5. The van der Waals surface area contributed by atoms with Gasteiger partial charge in [0.05, 0.1) is 5.69 Å². The minimum Gasteiger partial charge on any atom is -0.332 e. The molecule has 0 aliphatic carbocycles. The van der Waals surface area contributed by atoms with Crippen molar-refractivity contribution in [1.29, 1.82) is 0 Å². The molecule has 21 heavy (non-hydrogen) atoms. The molecular weight excluding hydrogens is 336 g/mol. The van der Waals surface area contributed by atoms with Crippen LogP contribution in [0.1, 0.15) is 0 Å². The van der Waals surface area contributed by atoms with Gasteiger partial charge < -0.3 is 10.6 Å². The second-order valence-electron chi connectivity index (χ2n) is 3.82. The van der Waals surface area contributed by atoms with Crippen molar-refractivity contribution in [1.82, 2.24) is 4.98 Å². The molecule has 3 nitrogen and oxygen atoms in total. The van der Waals surface area contributed by atoms with Crippen LogP contribution in [0, 0.1) is 0 Å². The van der Waals surface area contributed by atoms with E-state index in [1.807, 2.05) is 0 Å². The van der Waals surface area contributed by atoms with Crippen molar-refractivity contribution < 1.29 is 8.78 Å². The summed E-state index contributed by atoms with van der Waals surface area (Å²) < 4.78 is 24.4. The molecule has 0 unspecified atom stereocenters. The Bertz CT molecular complexity index is 623. The van der Waals surface area contributed by atoms with Crippen LogP contribution in [0.5, 0.6) is 0 Å². The molecule has 0 aliphatic rings. The van der Waals surface area contributed by atoms with Crippen LogP contribution in [-0.2, 0) is 0 Å². The van der Waals surface area contributed by atoms with E-state index in [0.29, 0.717) is 38.3 Å². The van der Waals surface area contributed by atoms with Crippen molar-refractivity contribution in [3.63, 3.8) is 0 Å². The molecule has 2 aromatic rings. The van der Waals surface area contributed by atoms with E-state index in [9.17, 15) is 8.78 Å². The van der Waals surface area contributed by atoms with E-state index in [1.165, 1.54) is 0 Å². The summed E-state index contributed by atoms with van der Waals surface area (Å²) in [6.45, 7) is 0. The molecule has 0 amide bonds. The number of halogens is 3. The van der Waals surface area contributed by atoms with Gasteiger partial charge in [0, 0.05) is 16.8 Å². The SMILES string of the molecule is FC(F)Sc1ccc(NC(=S)Nc2cccnc2Cl)cc1. The van der Waals surface area contributed by atoms with Gasteiger partial charge in [0.15, 0.2) is 10.3 Å². The number of benzene rings is 1. The van der Waals surface area contributed by atoms with Crippen molar-refractivity contribution in [2.45, 2.75) is 10.7 Å². The number of hydrogen-bond acceptors (Lipinski definition) is 3. The second kappa shape index (κ2) is 7.53. The fourth-order valence-electron chi connectivity index (χ4n) is 1.48. The fourth-order valence-corrected chi connectivity index (χ4v) is 2.38. The average Bonchev–Trinajstić information content (AvgIpc) is 2.43. The standard InChI is InChI=1S/C13H10ClF2N3S2/c14-11-10(2-1-7-17-11)19-13(20)18-8-3-5-9(6-4-8)21-12(15)16/h1-7,12H,(H2,18,19,20). The molecule has 1 heterocycles. The number of rotatable bonds is 4. The normalized spacial score (nSPS) is 10.5. The van der Waals surface area contributed by atoms with Gasteiger partial charge in [-0.1, -0.05) is 23.4 Å². The van der Waals surface area contributed by atoms with Gasteiger partial charge >= 0.3 is 0 Å². The van der Waals surface area contributed by atoms with Gasteiger partial charge in [0.1, 0.15) is 0 Å². The monoisotopic (exact) mass is 345 g/mol. The zero-order valence-corrected chi connectivity index (χ0v) is 12.9. The highest BCUT2D eigenvalue weighted by molar-refractivity contribution is 7.99. The maximum atomic E-state index is 12.2. The Labute approximate surface area is 135 Å². The van der Waals surface area contributed by atoms with Crippen molar-refractivity contribution in [3.05, 3.63) is 47.7 Å². The first-order valence-corrected chi connectivity index (χ1v) is 7.44. The minimum absolute atomic E-state index is 0.310. The number of nitrogens with zero attached hydrogens (tertiary/aromatic N) is 1. The molecule has 0 radical (unpaired) electrons. The molecule has 0 atom stereocenters. The first-order chi connectivity index (χ1) is 10.0. The molecule has 0 saturated heterocycles. The largest absolute Gasteiger partial charge is 0.332 e. The molecule has 0 saturated carbocycles. The minimum atomic E-state index is -2.43. The highest BCUT2D eigenvalue weighted by Crippen LogP contribution is 2.26. The summed E-state index contributed by atoms with van der Waals surface area (Å²) >= 11 is 11.5. The highest BCUT2D eigenvalue weighted by Gasteiger charge is 2.06. The maximum Gasteiger partial charge on any atom is 0.288 e. The number of alkyl halides is 2. The van der Waals surface area contributed by atoms with E-state index in [1.54, 1.807) is 42.6 Å². The molecular formula is C13H10ClF2N3S2. The molecule has 2 N–H and O–H groups in total. The van der Waals surface area contributed by atoms with Crippen LogP contribution >= 0.6 is 35.6 Å². The lowest BCUT2D eigenvalue weighted by Gasteiger charge is -2.11. The van der Waals surface area contributed by atoms with Crippen molar-refractivity contribution in [3.8, 4) is 0 Å². The van der Waals surface area contributed by atoms with E-state index in [0.717, 1.165) is 0 Å². The number of nitrogens with one attached hydrogen (secondary N) is 2. The predicted molar refractivity (Wildman–Crippen MR) is 87.4 cm³/mol. The van der Waals surface area contributed by atoms with E-state index < -0.39 is 5.76 Å². The third-order valence-electron chi connectivity index (χ3n) is 2.34. The third kappa shape index (κ3) is 5.11. The topological polar surface area (TPSA) is 37.0 Å². The molecule has 1 aromatic carbocycles. The summed E-state index contributed by atoms with van der Waals surface area (Å²) in [5, 5.41) is 6.48. The Morgan fingerprint density at radius 3 is 2.52 bits per heavy atom. The van der Waals surface area contributed by atoms with E-state index in [-0.39, 0.29) is 0 Å². The fraction of sp³-hybridized carbons (Fsp3) is 0.0769. The lowest BCUT2D eigenvalue weighted by Crippen LogP contribution is -2.19. The number of pyridine rings is 1. The zero-order chi connectivity index (χ0) is 15.2. The Morgan fingerprint density at radius 1 is 1.19 bits per heavy atom. The van der Waals surface area contributed by atoms with Gasteiger partial charge in [-0.15, -0.1) is 0 Å². The Hall–Kier alpha value is -1.44. The van der Waals surface area contributed by atoms with Gasteiger partial charge in [0.25, 0.3) is 5.76 Å². The summed E-state index contributed by atoms with van der Waals surface area (Å²) in [6, 6.07) is 10.0. The first-order valence-electron chi connectivity index (χ1n) is 5.78. The van der Waals surface area contributed by atoms with Crippen LogP contribution in [0.25, 0.3) is 0 Å². The number of thiocarbonyl (C=S) groups is 1. The van der Waals surface area contributed by atoms with Crippen molar-refractivity contribution in [2.75, 3.05) is 10.6 Å². The maximum absolute atomic E-state index is 12.2. The van der Waals surface area contributed by atoms with Gasteiger partial charge in [-0.25, -0.2) is 4.98 Å². The summed E-state index contributed by atoms with van der Waals surface area (Å²) in [5.74, 6) is -2.43. The van der Waals surface area contributed by atoms with Crippen molar-refractivity contribution >= 4 is 52.1 Å². The molecule has 0 aliphatic heterocycles. The number of aromatic nitrogens is 1. The molecule has 0 bridgehead atoms. The Kier molecular flexibility index (Phi) is 5.72. The summed E-state index contributed by atoms with van der Waals surface area (Å²) in [5.41, 5.74) is 1.27. The van der Waals surface area contributed by atoms with Gasteiger partial charge in [-0.2, -0.15) is 8.78 Å². The smallest absolute Gasteiger partial charge is 0.288 e. The lowest BCUT2D eigenvalue weighted by molar-refractivity contribution is 0.252. The van der Waals surface area contributed by atoms with E-state index >= 15 is 0 Å². The van der Waals surface area contributed by atoms with Crippen LogP contribution < -0.4 is 10.6 Å². The summed E-state index contributed by atoms with van der Waals surface area (Å²) in [7, 11) is 0. The highest BCUT2D eigenvalue weighted by atomic mass is 35.5. The van der Waals surface area contributed by atoms with Gasteiger partial charge in [-0.05, 0) is 48.6 Å². The quantitative estimate of drug-likeness (QED) is 0.470. The molecule has 8 heteroatoms. The lowest BCUT2D eigenvalue weighted by atomic mass is 10.3. The van der Waals surface area contributed by atoms with Crippen LogP contribution in [0.2, 0.25) is 5.15 Å². The first kappa shape index (κ1) is 15.9. The van der Waals surface area contributed by atoms with Crippen LogP contribution in [0.3, 0.4) is 0 Å². The number of thioether (sulfide) groups is 1.